The molecule has 0 aliphatic heterocycles. The fourth-order valence-corrected chi connectivity index (χ4v) is 1.30. The van der Waals surface area contributed by atoms with Crippen LogP contribution >= 0.6 is 15.9 Å². The van der Waals surface area contributed by atoms with Crippen molar-refractivity contribution in [2.24, 2.45) is 0 Å². The summed E-state index contributed by atoms with van der Waals surface area (Å²) in [6.45, 7) is 2.30. The van der Waals surface area contributed by atoms with Gasteiger partial charge in [0, 0.05) is 6.42 Å². The highest BCUT2D eigenvalue weighted by molar-refractivity contribution is 9.10. The molecule has 1 N–H and O–H groups in total. The van der Waals surface area contributed by atoms with Crippen LogP contribution in [0.2, 0.25) is 0 Å². The van der Waals surface area contributed by atoms with Gasteiger partial charge in [-0.3, -0.25) is 0 Å². The Morgan fingerprint density at radius 3 is 2.77 bits per heavy atom. The average molecular weight is 245 g/mol. The van der Waals surface area contributed by atoms with E-state index < -0.39 is 0 Å². The van der Waals surface area contributed by atoms with E-state index in [0.717, 1.165) is 10.2 Å². The minimum atomic E-state index is -0.303. The monoisotopic (exact) mass is 244 g/mol. The van der Waals surface area contributed by atoms with Crippen LogP contribution in [0.4, 0.5) is 0 Å². The van der Waals surface area contributed by atoms with E-state index >= 15 is 0 Å². The highest BCUT2D eigenvalue weighted by atomic mass is 79.9. The van der Waals surface area contributed by atoms with Crippen molar-refractivity contribution in [3.63, 3.8) is 0 Å². The zero-order chi connectivity index (χ0) is 9.68. The zero-order valence-corrected chi connectivity index (χ0v) is 9.12. The summed E-state index contributed by atoms with van der Waals surface area (Å²) in [4.78, 5) is 0. The summed E-state index contributed by atoms with van der Waals surface area (Å²) in [5.74, 6) is 0.822. The second-order valence-electron chi connectivity index (χ2n) is 2.92. The number of benzene rings is 1. The molecule has 0 amide bonds. The lowest BCUT2D eigenvalue weighted by Crippen LogP contribution is -2.07. The number of aliphatic hydroxyl groups excluding tert-OH is 1. The molecular weight excluding hydrogens is 232 g/mol. The first-order valence-electron chi connectivity index (χ1n) is 4.25. The quantitative estimate of drug-likeness (QED) is 0.883. The van der Waals surface area contributed by atoms with Crippen molar-refractivity contribution in [2.45, 2.75) is 19.4 Å². The van der Waals surface area contributed by atoms with Crippen molar-refractivity contribution in [1.82, 2.24) is 0 Å². The number of para-hydroxylation sites is 1. The highest BCUT2D eigenvalue weighted by Gasteiger charge is 2.00. The van der Waals surface area contributed by atoms with Crippen LogP contribution in [0.15, 0.2) is 28.7 Å². The standard InChI is InChI=1S/C10H13BrO2/c1-8(12)6-7-13-10-5-3-2-4-9(10)11/h2-5,8,12H,6-7H2,1H3. The van der Waals surface area contributed by atoms with E-state index in [2.05, 4.69) is 15.9 Å². The van der Waals surface area contributed by atoms with Gasteiger partial charge in [-0.05, 0) is 35.0 Å². The van der Waals surface area contributed by atoms with Crippen LogP contribution in [0, 0.1) is 0 Å². The molecule has 0 spiro atoms. The van der Waals surface area contributed by atoms with Crippen molar-refractivity contribution >= 4 is 15.9 Å². The summed E-state index contributed by atoms with van der Waals surface area (Å²) in [5, 5.41) is 9.01. The van der Waals surface area contributed by atoms with Crippen LogP contribution in [0.1, 0.15) is 13.3 Å². The smallest absolute Gasteiger partial charge is 0.133 e. The van der Waals surface area contributed by atoms with Gasteiger partial charge in [0.05, 0.1) is 17.2 Å². The molecule has 0 aliphatic rings. The number of aliphatic hydroxyl groups is 1. The molecule has 0 radical (unpaired) electrons. The summed E-state index contributed by atoms with van der Waals surface area (Å²) in [7, 11) is 0. The van der Waals surface area contributed by atoms with Gasteiger partial charge in [0.25, 0.3) is 0 Å². The van der Waals surface area contributed by atoms with E-state index in [4.69, 9.17) is 9.84 Å². The van der Waals surface area contributed by atoms with E-state index in [-0.39, 0.29) is 6.10 Å². The molecule has 1 unspecified atom stereocenters. The molecule has 0 saturated carbocycles. The van der Waals surface area contributed by atoms with Crippen LogP contribution in [0.5, 0.6) is 5.75 Å². The Morgan fingerprint density at radius 1 is 1.46 bits per heavy atom. The molecule has 1 atom stereocenters. The molecular formula is C10H13BrO2. The maximum absolute atomic E-state index is 9.01. The number of halogens is 1. The Kier molecular flexibility index (Phi) is 4.25. The lowest BCUT2D eigenvalue weighted by molar-refractivity contribution is 0.155. The van der Waals surface area contributed by atoms with Gasteiger partial charge in [0.15, 0.2) is 0 Å². The average Bonchev–Trinajstić information content (AvgIpc) is 2.08. The fourth-order valence-electron chi connectivity index (χ4n) is 0.901. The third-order valence-electron chi connectivity index (χ3n) is 1.63. The third kappa shape index (κ3) is 3.79. The third-order valence-corrected chi connectivity index (χ3v) is 2.28. The van der Waals surface area contributed by atoms with Crippen LogP contribution in [-0.2, 0) is 0 Å². The normalized spacial score (nSPS) is 12.5. The molecule has 1 aromatic rings. The van der Waals surface area contributed by atoms with Crippen molar-refractivity contribution in [3.05, 3.63) is 28.7 Å². The van der Waals surface area contributed by atoms with Gasteiger partial charge in [0.1, 0.15) is 5.75 Å². The molecule has 13 heavy (non-hydrogen) atoms. The number of rotatable bonds is 4. The lowest BCUT2D eigenvalue weighted by Gasteiger charge is -2.08. The molecule has 1 aromatic carbocycles. The second kappa shape index (κ2) is 5.25. The molecule has 0 fully saturated rings. The summed E-state index contributed by atoms with van der Waals surface area (Å²) in [5.41, 5.74) is 0. The highest BCUT2D eigenvalue weighted by Crippen LogP contribution is 2.23. The largest absolute Gasteiger partial charge is 0.492 e. The van der Waals surface area contributed by atoms with Gasteiger partial charge >= 0.3 is 0 Å². The predicted molar refractivity (Wildman–Crippen MR) is 55.9 cm³/mol. The lowest BCUT2D eigenvalue weighted by atomic mass is 10.3. The summed E-state index contributed by atoms with van der Waals surface area (Å²) >= 11 is 3.38. The minimum Gasteiger partial charge on any atom is -0.492 e. The van der Waals surface area contributed by atoms with E-state index in [0.29, 0.717) is 13.0 Å². The van der Waals surface area contributed by atoms with Crippen LogP contribution < -0.4 is 4.74 Å². The molecule has 0 bridgehead atoms. The maximum Gasteiger partial charge on any atom is 0.133 e. The Bertz CT molecular complexity index is 261. The number of hydrogen-bond acceptors (Lipinski definition) is 2. The molecule has 2 nitrogen and oxygen atoms in total. The minimum absolute atomic E-state index is 0.303. The Labute approximate surface area is 86.7 Å². The van der Waals surface area contributed by atoms with Crippen LogP contribution in [0.3, 0.4) is 0 Å². The van der Waals surface area contributed by atoms with Crippen LogP contribution in [0.25, 0.3) is 0 Å². The summed E-state index contributed by atoms with van der Waals surface area (Å²) < 4.78 is 6.39. The first kappa shape index (κ1) is 10.5. The first-order chi connectivity index (χ1) is 6.20. The predicted octanol–water partition coefficient (Wildman–Crippen LogP) is 2.60. The number of hydrogen-bond donors (Lipinski definition) is 1. The molecule has 72 valence electrons. The summed E-state index contributed by atoms with van der Waals surface area (Å²) in [6, 6.07) is 7.68. The molecule has 0 aromatic heterocycles. The van der Waals surface area contributed by atoms with Gasteiger partial charge in [-0.15, -0.1) is 0 Å². The Morgan fingerprint density at radius 2 is 2.15 bits per heavy atom. The van der Waals surface area contributed by atoms with E-state index in [1.165, 1.54) is 0 Å². The molecule has 0 heterocycles. The van der Waals surface area contributed by atoms with Crippen LogP contribution in [-0.4, -0.2) is 17.8 Å². The van der Waals surface area contributed by atoms with E-state index in [9.17, 15) is 0 Å². The van der Waals surface area contributed by atoms with Gasteiger partial charge < -0.3 is 9.84 Å². The van der Waals surface area contributed by atoms with Gasteiger partial charge in [0.2, 0.25) is 0 Å². The SMILES string of the molecule is CC(O)CCOc1ccccc1Br. The molecule has 0 aliphatic carbocycles. The second-order valence-corrected chi connectivity index (χ2v) is 3.77. The Hall–Kier alpha value is -0.540. The molecule has 1 rings (SSSR count). The molecule has 0 saturated heterocycles. The van der Waals surface area contributed by atoms with Gasteiger partial charge in [-0.2, -0.15) is 0 Å². The Balaban J connectivity index is 2.41. The van der Waals surface area contributed by atoms with Gasteiger partial charge in [-0.25, -0.2) is 0 Å². The zero-order valence-electron chi connectivity index (χ0n) is 7.53. The van der Waals surface area contributed by atoms with Crippen molar-refractivity contribution in [1.29, 1.82) is 0 Å². The summed E-state index contributed by atoms with van der Waals surface area (Å²) in [6.07, 6.45) is 0.351. The van der Waals surface area contributed by atoms with Crippen molar-refractivity contribution in [3.8, 4) is 5.75 Å². The number of ether oxygens (including phenoxy) is 1. The fraction of sp³-hybridized carbons (Fsp3) is 0.400. The first-order valence-corrected chi connectivity index (χ1v) is 5.05. The van der Waals surface area contributed by atoms with Crippen molar-refractivity contribution in [2.75, 3.05) is 6.61 Å². The van der Waals surface area contributed by atoms with Crippen molar-refractivity contribution < 1.29 is 9.84 Å². The molecule has 3 heteroatoms. The van der Waals surface area contributed by atoms with E-state index in [1.807, 2.05) is 24.3 Å². The topological polar surface area (TPSA) is 29.5 Å². The maximum atomic E-state index is 9.01. The van der Waals surface area contributed by atoms with E-state index in [1.54, 1.807) is 6.92 Å². The van der Waals surface area contributed by atoms with Gasteiger partial charge in [-0.1, -0.05) is 12.1 Å².